The molecule has 6 heteroatoms. The minimum atomic E-state index is -0.728. The summed E-state index contributed by atoms with van der Waals surface area (Å²) in [4.78, 5) is 34.5. The number of likely N-dealkylation sites (tertiary alicyclic amines) is 1. The van der Waals surface area contributed by atoms with Crippen molar-refractivity contribution in [3.63, 3.8) is 0 Å². The van der Waals surface area contributed by atoms with Crippen molar-refractivity contribution in [2.24, 2.45) is 0 Å². The third kappa shape index (κ3) is 1.77. The molecule has 1 aromatic carbocycles. The lowest BCUT2D eigenvalue weighted by atomic mass is 9.96. The van der Waals surface area contributed by atoms with Gasteiger partial charge in [0.1, 0.15) is 0 Å². The van der Waals surface area contributed by atoms with Gasteiger partial charge in [-0.15, -0.1) is 0 Å². The molecule has 0 aromatic heterocycles. The van der Waals surface area contributed by atoms with Gasteiger partial charge in [0, 0.05) is 25.1 Å². The number of amides is 2. The predicted molar refractivity (Wildman–Crippen MR) is 58.2 cm³/mol. The molecule has 6 nitrogen and oxygen atoms in total. The number of nitro groups is 1. The van der Waals surface area contributed by atoms with Crippen molar-refractivity contribution in [1.29, 1.82) is 0 Å². The van der Waals surface area contributed by atoms with Gasteiger partial charge in [-0.2, -0.15) is 0 Å². The van der Waals surface area contributed by atoms with Crippen LogP contribution in [0.4, 0.5) is 5.69 Å². The molecule has 1 unspecified atom stereocenters. The van der Waals surface area contributed by atoms with E-state index in [9.17, 15) is 19.7 Å². The van der Waals surface area contributed by atoms with Crippen LogP contribution in [0, 0.1) is 10.1 Å². The summed E-state index contributed by atoms with van der Waals surface area (Å²) in [6.45, 7) is 0. The number of imide groups is 1. The molecule has 1 fully saturated rings. The van der Waals surface area contributed by atoms with Crippen molar-refractivity contribution in [3.05, 3.63) is 39.9 Å². The van der Waals surface area contributed by atoms with Crippen LogP contribution in [0.3, 0.4) is 0 Å². The summed E-state index contributed by atoms with van der Waals surface area (Å²) >= 11 is 0. The topological polar surface area (TPSA) is 80.5 Å². The van der Waals surface area contributed by atoms with Crippen LogP contribution in [0.1, 0.15) is 17.9 Å². The van der Waals surface area contributed by atoms with E-state index in [2.05, 4.69) is 0 Å². The van der Waals surface area contributed by atoms with Crippen LogP contribution in [-0.2, 0) is 9.59 Å². The maximum Gasteiger partial charge on any atom is 0.273 e. The number of nitro benzene ring substituents is 1. The Hall–Kier alpha value is -2.24. The standard InChI is InChI=1S/C11H10N2O4/c1-12-10(14)6-8(11(12)15)7-4-2-3-5-9(7)13(16)17/h2-5,8H,6H2,1H3. The zero-order valence-electron chi connectivity index (χ0n) is 9.12. The summed E-state index contributed by atoms with van der Waals surface area (Å²) in [6.07, 6.45) is 0.000185. The number of nitrogens with zero attached hydrogens (tertiary/aromatic N) is 2. The highest BCUT2D eigenvalue weighted by molar-refractivity contribution is 6.06. The third-order valence-corrected chi connectivity index (χ3v) is 2.89. The summed E-state index contributed by atoms with van der Waals surface area (Å²) in [7, 11) is 1.39. The molecule has 0 N–H and O–H groups in total. The highest BCUT2D eigenvalue weighted by Crippen LogP contribution is 2.34. The third-order valence-electron chi connectivity index (χ3n) is 2.89. The molecule has 17 heavy (non-hydrogen) atoms. The first-order chi connectivity index (χ1) is 8.02. The lowest BCUT2D eigenvalue weighted by Crippen LogP contribution is -2.25. The van der Waals surface area contributed by atoms with E-state index < -0.39 is 10.8 Å². The monoisotopic (exact) mass is 234 g/mol. The summed E-state index contributed by atoms with van der Waals surface area (Å²) < 4.78 is 0. The van der Waals surface area contributed by atoms with Gasteiger partial charge in [-0.05, 0) is 0 Å². The van der Waals surface area contributed by atoms with Crippen LogP contribution in [0.25, 0.3) is 0 Å². The molecule has 0 bridgehead atoms. The highest BCUT2D eigenvalue weighted by Gasteiger charge is 2.39. The molecule has 2 rings (SSSR count). The molecular formula is C11H10N2O4. The van der Waals surface area contributed by atoms with Crippen molar-refractivity contribution in [1.82, 2.24) is 4.90 Å². The number of rotatable bonds is 2. The van der Waals surface area contributed by atoms with Crippen LogP contribution in [0.15, 0.2) is 24.3 Å². The fraction of sp³-hybridized carbons (Fsp3) is 0.273. The van der Waals surface area contributed by atoms with Gasteiger partial charge in [0.25, 0.3) is 5.69 Å². The van der Waals surface area contributed by atoms with E-state index in [1.54, 1.807) is 6.07 Å². The van der Waals surface area contributed by atoms with Crippen molar-refractivity contribution in [2.75, 3.05) is 7.05 Å². The lowest BCUT2D eigenvalue weighted by Gasteiger charge is -2.09. The molecule has 1 aliphatic heterocycles. The Morgan fingerprint density at radius 1 is 1.35 bits per heavy atom. The number of carbonyl (C=O) groups excluding carboxylic acids is 2. The Balaban J connectivity index is 2.45. The second-order valence-electron chi connectivity index (χ2n) is 3.86. The predicted octanol–water partition coefficient (Wildman–Crippen LogP) is 1.07. The van der Waals surface area contributed by atoms with Gasteiger partial charge >= 0.3 is 0 Å². The average Bonchev–Trinajstić information content (AvgIpc) is 2.57. The maximum absolute atomic E-state index is 11.8. The number of likely N-dealkylation sites (N-methyl/N-ethyl adjacent to an activating group) is 1. The SMILES string of the molecule is CN1C(=O)CC(c2ccccc2[N+](=O)[O-])C1=O. The van der Waals surface area contributed by atoms with Gasteiger partial charge in [-0.1, -0.05) is 18.2 Å². The molecule has 2 amide bonds. The average molecular weight is 234 g/mol. The van der Waals surface area contributed by atoms with Crippen molar-refractivity contribution >= 4 is 17.5 Å². The summed E-state index contributed by atoms with van der Waals surface area (Å²) in [5.74, 6) is -1.42. The fourth-order valence-electron chi connectivity index (χ4n) is 1.95. The first-order valence-corrected chi connectivity index (χ1v) is 5.06. The lowest BCUT2D eigenvalue weighted by molar-refractivity contribution is -0.385. The van der Waals surface area contributed by atoms with Crippen LogP contribution in [0.2, 0.25) is 0 Å². The summed E-state index contributed by atoms with van der Waals surface area (Å²) in [5, 5.41) is 10.8. The molecule has 1 atom stereocenters. The number of para-hydroxylation sites is 1. The number of hydrogen-bond acceptors (Lipinski definition) is 4. The zero-order valence-corrected chi connectivity index (χ0v) is 9.12. The molecule has 0 spiro atoms. The quantitative estimate of drug-likeness (QED) is 0.435. The number of benzene rings is 1. The Kier molecular flexibility index (Phi) is 2.63. The zero-order chi connectivity index (χ0) is 12.6. The van der Waals surface area contributed by atoms with Gasteiger partial charge in [0.05, 0.1) is 10.8 Å². The van der Waals surface area contributed by atoms with E-state index in [0.717, 1.165) is 4.90 Å². The Morgan fingerprint density at radius 3 is 2.53 bits per heavy atom. The van der Waals surface area contributed by atoms with Gasteiger partial charge in [0.2, 0.25) is 11.8 Å². The van der Waals surface area contributed by atoms with E-state index >= 15 is 0 Å². The minimum Gasteiger partial charge on any atom is -0.285 e. The molecule has 1 aromatic rings. The molecule has 1 heterocycles. The van der Waals surface area contributed by atoms with Crippen LogP contribution in [0.5, 0.6) is 0 Å². The van der Waals surface area contributed by atoms with Crippen LogP contribution < -0.4 is 0 Å². The van der Waals surface area contributed by atoms with E-state index in [1.807, 2.05) is 0 Å². The smallest absolute Gasteiger partial charge is 0.273 e. The Morgan fingerprint density at radius 2 is 2.00 bits per heavy atom. The van der Waals surface area contributed by atoms with Gasteiger partial charge < -0.3 is 0 Å². The highest BCUT2D eigenvalue weighted by atomic mass is 16.6. The molecule has 88 valence electrons. The minimum absolute atomic E-state index is 0.000185. The van der Waals surface area contributed by atoms with E-state index in [0.29, 0.717) is 5.56 Å². The van der Waals surface area contributed by atoms with Gasteiger partial charge in [0.15, 0.2) is 0 Å². The number of carbonyl (C=O) groups is 2. The summed E-state index contributed by atoms with van der Waals surface area (Å²) in [6, 6.07) is 6.02. The normalized spacial score (nSPS) is 19.8. The maximum atomic E-state index is 11.8. The fourth-order valence-corrected chi connectivity index (χ4v) is 1.95. The molecule has 0 aliphatic carbocycles. The van der Waals surface area contributed by atoms with Crippen LogP contribution in [-0.4, -0.2) is 28.7 Å². The van der Waals surface area contributed by atoms with E-state index in [1.165, 1.54) is 25.2 Å². The van der Waals surface area contributed by atoms with Crippen molar-refractivity contribution in [2.45, 2.75) is 12.3 Å². The van der Waals surface area contributed by atoms with E-state index in [4.69, 9.17) is 0 Å². The van der Waals surface area contributed by atoms with Crippen LogP contribution >= 0.6 is 0 Å². The first kappa shape index (κ1) is 11.3. The summed E-state index contributed by atoms with van der Waals surface area (Å²) in [5.41, 5.74) is 0.189. The molecule has 1 aliphatic rings. The van der Waals surface area contributed by atoms with Gasteiger partial charge in [-0.25, -0.2) is 0 Å². The molecular weight excluding hydrogens is 224 g/mol. The largest absolute Gasteiger partial charge is 0.285 e. The molecule has 1 saturated heterocycles. The molecule has 0 saturated carbocycles. The second-order valence-corrected chi connectivity index (χ2v) is 3.86. The van der Waals surface area contributed by atoms with Crippen molar-refractivity contribution < 1.29 is 14.5 Å². The first-order valence-electron chi connectivity index (χ1n) is 5.06. The number of hydrogen-bond donors (Lipinski definition) is 0. The second kappa shape index (κ2) is 3.97. The Labute approximate surface area is 97.0 Å². The Bertz CT molecular complexity index is 512. The molecule has 0 radical (unpaired) electrons. The van der Waals surface area contributed by atoms with Gasteiger partial charge in [-0.3, -0.25) is 24.6 Å². The van der Waals surface area contributed by atoms with Crippen molar-refractivity contribution in [3.8, 4) is 0 Å². The van der Waals surface area contributed by atoms with E-state index in [-0.39, 0.29) is 23.9 Å².